The number of benzene rings is 3. The van der Waals surface area contributed by atoms with Gasteiger partial charge in [-0.3, -0.25) is 0 Å². The van der Waals surface area contributed by atoms with E-state index in [9.17, 15) is 0 Å². The molecule has 5 nitrogen and oxygen atoms in total. The molecule has 150 valence electrons. The summed E-state index contributed by atoms with van der Waals surface area (Å²) in [6.45, 7) is 4.65. The van der Waals surface area contributed by atoms with Gasteiger partial charge in [0.25, 0.3) is 0 Å². The normalized spacial score (nSPS) is 11.1. The van der Waals surface area contributed by atoms with Gasteiger partial charge in [0.1, 0.15) is 12.4 Å². The zero-order valence-electron chi connectivity index (χ0n) is 16.9. The number of aromatic amines is 1. The average molecular weight is 415 g/mol. The van der Waals surface area contributed by atoms with E-state index in [2.05, 4.69) is 46.5 Å². The molecule has 0 spiro atoms. The van der Waals surface area contributed by atoms with Crippen molar-refractivity contribution in [1.82, 2.24) is 14.9 Å². The van der Waals surface area contributed by atoms with Gasteiger partial charge in [0.05, 0.1) is 6.21 Å². The van der Waals surface area contributed by atoms with Crippen LogP contribution in [0.1, 0.15) is 22.3 Å². The lowest BCUT2D eigenvalue weighted by molar-refractivity contribution is 0.306. The van der Waals surface area contributed by atoms with Crippen molar-refractivity contribution in [3.05, 3.63) is 99.8 Å². The Balaban J connectivity index is 1.48. The standard InChI is InChI=1S/C24H22N4OS/c1-17-7-9-20(10-8-17)16-29-21-13-11-19(12-14-21)15-25-28-23(26-27-24(28)30)22-6-4-3-5-18(22)2/h3-15H,16H2,1-2H3,(H,27,30)/b25-15+. The average Bonchev–Trinajstić information content (AvgIpc) is 3.13. The molecule has 0 bridgehead atoms. The monoisotopic (exact) mass is 414 g/mol. The number of aromatic nitrogens is 3. The first-order chi connectivity index (χ1) is 14.6. The number of H-pyrrole nitrogens is 1. The van der Waals surface area contributed by atoms with Crippen molar-refractivity contribution in [2.45, 2.75) is 20.5 Å². The number of hydrogen-bond acceptors (Lipinski definition) is 4. The predicted molar refractivity (Wildman–Crippen MR) is 123 cm³/mol. The summed E-state index contributed by atoms with van der Waals surface area (Å²) < 4.78 is 7.95. The molecule has 1 aromatic heterocycles. The molecule has 4 aromatic rings. The first kappa shape index (κ1) is 19.8. The van der Waals surface area contributed by atoms with Crippen LogP contribution in [0, 0.1) is 18.6 Å². The van der Waals surface area contributed by atoms with Crippen molar-refractivity contribution in [2.75, 3.05) is 0 Å². The van der Waals surface area contributed by atoms with E-state index in [0.717, 1.165) is 28.0 Å². The Morgan fingerprint density at radius 1 is 1.00 bits per heavy atom. The highest BCUT2D eigenvalue weighted by Crippen LogP contribution is 2.21. The second kappa shape index (κ2) is 8.88. The molecule has 0 fully saturated rings. The molecule has 0 aliphatic rings. The molecule has 0 aliphatic carbocycles. The van der Waals surface area contributed by atoms with Crippen LogP contribution in [0.5, 0.6) is 5.75 Å². The summed E-state index contributed by atoms with van der Waals surface area (Å²) in [5.41, 5.74) is 5.42. The minimum atomic E-state index is 0.447. The Hall–Kier alpha value is -3.51. The van der Waals surface area contributed by atoms with Crippen LogP contribution in [-0.4, -0.2) is 21.1 Å². The van der Waals surface area contributed by atoms with Gasteiger partial charge in [-0.25, -0.2) is 5.10 Å². The van der Waals surface area contributed by atoms with Crippen molar-refractivity contribution in [2.24, 2.45) is 5.10 Å². The van der Waals surface area contributed by atoms with Crippen LogP contribution < -0.4 is 4.74 Å². The SMILES string of the molecule is Cc1ccc(COc2ccc(/C=N/n3c(-c4ccccc4C)n[nH]c3=S)cc2)cc1. The lowest BCUT2D eigenvalue weighted by Gasteiger charge is -2.07. The van der Waals surface area contributed by atoms with Crippen molar-refractivity contribution < 1.29 is 4.74 Å². The number of rotatable bonds is 6. The van der Waals surface area contributed by atoms with Crippen LogP contribution >= 0.6 is 12.2 Å². The molecule has 0 saturated heterocycles. The van der Waals surface area contributed by atoms with Gasteiger partial charge >= 0.3 is 0 Å². The number of hydrogen-bond donors (Lipinski definition) is 1. The maximum atomic E-state index is 5.87. The van der Waals surface area contributed by atoms with Gasteiger partial charge in [0, 0.05) is 5.56 Å². The molecular weight excluding hydrogens is 392 g/mol. The number of nitrogens with zero attached hydrogens (tertiary/aromatic N) is 3. The van der Waals surface area contributed by atoms with E-state index < -0.39 is 0 Å². The molecule has 30 heavy (non-hydrogen) atoms. The highest BCUT2D eigenvalue weighted by atomic mass is 32.1. The largest absolute Gasteiger partial charge is 0.489 e. The second-order valence-electron chi connectivity index (χ2n) is 7.07. The summed E-state index contributed by atoms with van der Waals surface area (Å²) in [7, 11) is 0. The van der Waals surface area contributed by atoms with E-state index >= 15 is 0 Å². The molecule has 1 heterocycles. The van der Waals surface area contributed by atoms with E-state index in [0.29, 0.717) is 17.2 Å². The Morgan fingerprint density at radius 3 is 2.47 bits per heavy atom. The molecule has 1 N–H and O–H groups in total. The second-order valence-corrected chi connectivity index (χ2v) is 7.45. The predicted octanol–water partition coefficient (Wildman–Crippen LogP) is 5.69. The summed E-state index contributed by atoms with van der Waals surface area (Å²) in [4.78, 5) is 0. The number of nitrogens with one attached hydrogen (secondary N) is 1. The van der Waals surface area contributed by atoms with E-state index in [-0.39, 0.29) is 0 Å². The zero-order valence-corrected chi connectivity index (χ0v) is 17.7. The van der Waals surface area contributed by atoms with E-state index in [1.54, 1.807) is 10.9 Å². The zero-order chi connectivity index (χ0) is 20.9. The summed E-state index contributed by atoms with van der Waals surface area (Å²) in [5, 5.41) is 11.7. The summed E-state index contributed by atoms with van der Waals surface area (Å²) in [6, 6.07) is 24.2. The molecule has 0 aliphatic heterocycles. The van der Waals surface area contributed by atoms with Crippen molar-refractivity contribution in [3.8, 4) is 17.1 Å². The molecule has 4 rings (SSSR count). The van der Waals surface area contributed by atoms with Gasteiger partial charge in [0.15, 0.2) is 5.82 Å². The highest BCUT2D eigenvalue weighted by Gasteiger charge is 2.10. The lowest BCUT2D eigenvalue weighted by Crippen LogP contribution is -1.97. The third-order valence-corrected chi connectivity index (χ3v) is 5.03. The van der Waals surface area contributed by atoms with Crippen LogP contribution in [0.25, 0.3) is 11.4 Å². The van der Waals surface area contributed by atoms with E-state index in [1.807, 2.05) is 55.5 Å². The third-order valence-electron chi connectivity index (χ3n) is 4.76. The fourth-order valence-corrected chi connectivity index (χ4v) is 3.20. The maximum absolute atomic E-state index is 5.87. The Kier molecular flexibility index (Phi) is 5.86. The highest BCUT2D eigenvalue weighted by molar-refractivity contribution is 7.71. The van der Waals surface area contributed by atoms with Gasteiger partial charge in [-0.1, -0.05) is 54.1 Å². The Labute approximate surface area is 180 Å². The van der Waals surface area contributed by atoms with Gasteiger partial charge in [-0.2, -0.15) is 14.9 Å². The fraction of sp³-hybridized carbons (Fsp3) is 0.125. The minimum Gasteiger partial charge on any atom is -0.489 e. The molecule has 0 amide bonds. The van der Waals surface area contributed by atoms with Gasteiger partial charge < -0.3 is 4.74 Å². The Morgan fingerprint density at radius 2 is 1.73 bits per heavy atom. The smallest absolute Gasteiger partial charge is 0.216 e. The molecule has 3 aromatic carbocycles. The lowest BCUT2D eigenvalue weighted by atomic mass is 10.1. The van der Waals surface area contributed by atoms with Gasteiger partial charge in [-0.15, -0.1) is 0 Å². The fourth-order valence-electron chi connectivity index (χ4n) is 3.02. The molecule has 0 radical (unpaired) electrons. The summed E-state index contributed by atoms with van der Waals surface area (Å²) >= 11 is 5.35. The first-order valence-electron chi connectivity index (χ1n) is 9.66. The molecule has 0 saturated carbocycles. The van der Waals surface area contributed by atoms with E-state index in [1.165, 1.54) is 5.56 Å². The van der Waals surface area contributed by atoms with Crippen LogP contribution in [0.3, 0.4) is 0 Å². The molecule has 0 atom stereocenters. The van der Waals surface area contributed by atoms with E-state index in [4.69, 9.17) is 17.0 Å². The van der Waals surface area contributed by atoms with Crippen LogP contribution in [0.15, 0.2) is 77.9 Å². The van der Waals surface area contributed by atoms with Crippen molar-refractivity contribution in [1.29, 1.82) is 0 Å². The van der Waals surface area contributed by atoms with Gasteiger partial charge in [-0.05, 0) is 67.0 Å². The summed E-state index contributed by atoms with van der Waals surface area (Å²) in [6.07, 6.45) is 1.76. The molecule has 0 unspecified atom stereocenters. The van der Waals surface area contributed by atoms with Crippen LogP contribution in [0.4, 0.5) is 0 Å². The topological polar surface area (TPSA) is 55.2 Å². The van der Waals surface area contributed by atoms with Crippen LogP contribution in [-0.2, 0) is 6.61 Å². The molecule has 6 heteroatoms. The number of ether oxygens (including phenoxy) is 1. The third kappa shape index (κ3) is 4.55. The summed E-state index contributed by atoms with van der Waals surface area (Å²) in [5.74, 6) is 1.50. The quantitative estimate of drug-likeness (QED) is 0.326. The van der Waals surface area contributed by atoms with Crippen molar-refractivity contribution >= 4 is 18.4 Å². The first-order valence-corrected chi connectivity index (χ1v) is 10.1. The Bertz CT molecular complexity index is 1220. The maximum Gasteiger partial charge on any atom is 0.216 e. The number of aryl methyl sites for hydroxylation is 2. The molecular formula is C24H22N4OS. The van der Waals surface area contributed by atoms with Gasteiger partial charge in [0.2, 0.25) is 4.77 Å². The van der Waals surface area contributed by atoms with Crippen molar-refractivity contribution in [3.63, 3.8) is 0 Å². The minimum absolute atomic E-state index is 0.447. The van der Waals surface area contributed by atoms with Crippen LogP contribution in [0.2, 0.25) is 0 Å².